The van der Waals surface area contributed by atoms with Crippen molar-refractivity contribution in [1.29, 1.82) is 0 Å². The third-order valence-electron chi connectivity index (χ3n) is 4.38. The number of nitrogens with one attached hydrogen (secondary N) is 1. The molecule has 3 aromatic rings. The first-order valence-corrected chi connectivity index (χ1v) is 11.4. The molecule has 0 aromatic heterocycles. The molecule has 0 heterocycles. The Morgan fingerprint density at radius 3 is 2.16 bits per heavy atom. The summed E-state index contributed by atoms with van der Waals surface area (Å²) in [6.07, 6.45) is 1.02. The molecule has 0 atom stereocenters. The lowest BCUT2D eigenvalue weighted by Crippen LogP contribution is -2.37. The van der Waals surface area contributed by atoms with E-state index >= 15 is 0 Å². The van der Waals surface area contributed by atoms with Gasteiger partial charge in [-0.2, -0.15) is 0 Å². The van der Waals surface area contributed by atoms with Crippen LogP contribution >= 0.6 is 0 Å². The second kappa shape index (κ2) is 9.97. The summed E-state index contributed by atoms with van der Waals surface area (Å²) >= 11 is 0. The maximum absolute atomic E-state index is 12.6. The van der Waals surface area contributed by atoms with E-state index in [0.29, 0.717) is 22.7 Å². The van der Waals surface area contributed by atoms with Crippen LogP contribution in [0.4, 0.5) is 11.4 Å². The van der Waals surface area contributed by atoms with Crippen molar-refractivity contribution in [1.82, 2.24) is 0 Å². The number of sulfonamides is 1. The zero-order valence-corrected chi connectivity index (χ0v) is 18.3. The molecule has 0 bridgehead atoms. The number of hydrogen-bond donors (Lipinski definition) is 1. The molecule has 0 unspecified atom stereocenters. The van der Waals surface area contributed by atoms with Crippen molar-refractivity contribution in [2.45, 2.75) is 0 Å². The molecule has 0 fully saturated rings. The second-order valence-electron chi connectivity index (χ2n) is 6.77. The van der Waals surface area contributed by atoms with Crippen LogP contribution in [-0.4, -0.2) is 40.2 Å². The third kappa shape index (κ3) is 5.86. The molecule has 0 radical (unpaired) electrons. The smallest absolute Gasteiger partial charge is 0.337 e. The van der Waals surface area contributed by atoms with Crippen LogP contribution in [-0.2, 0) is 19.6 Å². The quantitative estimate of drug-likeness (QED) is 0.521. The van der Waals surface area contributed by atoms with Crippen LogP contribution in [0.1, 0.15) is 10.4 Å². The molecule has 1 N–H and O–H groups in total. The Morgan fingerprint density at radius 2 is 1.53 bits per heavy atom. The first kappa shape index (κ1) is 22.8. The molecule has 1 amide bonds. The fraction of sp³-hybridized carbons (Fsp3) is 0.130. The molecule has 0 saturated heterocycles. The van der Waals surface area contributed by atoms with Gasteiger partial charge >= 0.3 is 5.97 Å². The Kier molecular flexibility index (Phi) is 7.11. The van der Waals surface area contributed by atoms with E-state index in [1.807, 2.05) is 6.07 Å². The largest absolute Gasteiger partial charge is 0.465 e. The van der Waals surface area contributed by atoms with Crippen molar-refractivity contribution >= 4 is 33.3 Å². The van der Waals surface area contributed by atoms with Gasteiger partial charge in [0.05, 0.1) is 24.6 Å². The highest BCUT2D eigenvalue weighted by atomic mass is 32.2. The summed E-state index contributed by atoms with van der Waals surface area (Å²) in [4.78, 5) is 24.2. The van der Waals surface area contributed by atoms with E-state index in [2.05, 4.69) is 10.1 Å². The topological polar surface area (TPSA) is 102 Å². The number of nitrogens with zero attached hydrogens (tertiary/aromatic N) is 1. The number of ether oxygens (including phenoxy) is 2. The zero-order valence-electron chi connectivity index (χ0n) is 17.5. The van der Waals surface area contributed by atoms with Crippen molar-refractivity contribution in [3.8, 4) is 11.5 Å². The predicted octanol–water partition coefficient (Wildman–Crippen LogP) is 3.67. The zero-order chi connectivity index (χ0) is 23.1. The Morgan fingerprint density at radius 1 is 0.906 bits per heavy atom. The first-order chi connectivity index (χ1) is 15.3. The lowest BCUT2D eigenvalue weighted by atomic mass is 10.2. The van der Waals surface area contributed by atoms with Gasteiger partial charge in [0, 0.05) is 5.69 Å². The average molecular weight is 455 g/mol. The van der Waals surface area contributed by atoms with Crippen LogP contribution in [0.2, 0.25) is 0 Å². The number of carbonyl (C=O) groups excluding carboxylic acids is 2. The summed E-state index contributed by atoms with van der Waals surface area (Å²) < 4.78 is 36.5. The van der Waals surface area contributed by atoms with Gasteiger partial charge in [-0.1, -0.05) is 30.3 Å². The van der Waals surface area contributed by atoms with Crippen LogP contribution in [0.3, 0.4) is 0 Å². The first-order valence-electron chi connectivity index (χ1n) is 9.56. The molecule has 32 heavy (non-hydrogen) atoms. The summed E-state index contributed by atoms with van der Waals surface area (Å²) in [5.41, 5.74) is 0.968. The molecule has 0 aliphatic heterocycles. The lowest BCUT2D eigenvalue weighted by molar-refractivity contribution is -0.114. The maximum atomic E-state index is 12.6. The van der Waals surface area contributed by atoms with Crippen molar-refractivity contribution < 1.29 is 27.5 Å². The summed E-state index contributed by atoms with van der Waals surface area (Å²) in [5.74, 6) is -0.236. The van der Waals surface area contributed by atoms with E-state index in [0.717, 1.165) is 10.6 Å². The number of methoxy groups -OCH3 is 1. The van der Waals surface area contributed by atoms with Crippen LogP contribution in [0, 0.1) is 0 Å². The van der Waals surface area contributed by atoms with Gasteiger partial charge in [0.25, 0.3) is 0 Å². The molecule has 0 saturated carbocycles. The predicted molar refractivity (Wildman–Crippen MR) is 122 cm³/mol. The molecule has 9 heteroatoms. The van der Waals surface area contributed by atoms with Gasteiger partial charge < -0.3 is 14.8 Å². The summed E-state index contributed by atoms with van der Waals surface area (Å²) in [5, 5.41) is 2.63. The monoisotopic (exact) mass is 454 g/mol. The van der Waals surface area contributed by atoms with E-state index < -0.39 is 28.4 Å². The number of amides is 1. The number of hydrogen-bond acceptors (Lipinski definition) is 6. The number of para-hydroxylation sites is 3. The Labute approximate surface area is 186 Å². The summed E-state index contributed by atoms with van der Waals surface area (Å²) in [7, 11) is -2.54. The molecule has 0 aliphatic rings. The number of anilines is 2. The van der Waals surface area contributed by atoms with Crippen molar-refractivity contribution in [2.24, 2.45) is 0 Å². The van der Waals surface area contributed by atoms with Crippen molar-refractivity contribution in [3.63, 3.8) is 0 Å². The van der Waals surface area contributed by atoms with Crippen molar-refractivity contribution in [3.05, 3.63) is 84.4 Å². The highest BCUT2D eigenvalue weighted by Crippen LogP contribution is 2.33. The Hall–Kier alpha value is -3.85. The molecular weight excluding hydrogens is 432 g/mol. The highest BCUT2D eigenvalue weighted by molar-refractivity contribution is 7.92. The van der Waals surface area contributed by atoms with Gasteiger partial charge in [-0.15, -0.1) is 0 Å². The minimum absolute atomic E-state index is 0.232. The van der Waals surface area contributed by atoms with E-state index in [4.69, 9.17) is 4.74 Å². The molecule has 8 nitrogen and oxygen atoms in total. The Bertz CT molecular complexity index is 1190. The molecule has 0 spiro atoms. The second-order valence-corrected chi connectivity index (χ2v) is 8.68. The third-order valence-corrected chi connectivity index (χ3v) is 5.51. The van der Waals surface area contributed by atoms with Gasteiger partial charge in [-0.05, 0) is 48.5 Å². The highest BCUT2D eigenvalue weighted by Gasteiger charge is 2.24. The maximum Gasteiger partial charge on any atom is 0.337 e. The van der Waals surface area contributed by atoms with E-state index in [9.17, 15) is 18.0 Å². The number of benzene rings is 3. The van der Waals surface area contributed by atoms with Crippen LogP contribution in [0.25, 0.3) is 0 Å². The van der Waals surface area contributed by atoms with Crippen molar-refractivity contribution in [2.75, 3.05) is 29.5 Å². The number of rotatable bonds is 8. The van der Waals surface area contributed by atoms with Gasteiger partial charge in [0.15, 0.2) is 5.75 Å². The molecule has 3 rings (SSSR count). The van der Waals surface area contributed by atoms with Crippen LogP contribution in [0.5, 0.6) is 11.5 Å². The molecule has 0 aliphatic carbocycles. The van der Waals surface area contributed by atoms with Crippen LogP contribution in [0.15, 0.2) is 78.9 Å². The Balaban J connectivity index is 1.81. The number of esters is 1. The molecule has 166 valence electrons. The molecular formula is C23H22N2O6S. The lowest BCUT2D eigenvalue weighted by Gasteiger charge is -2.24. The van der Waals surface area contributed by atoms with E-state index in [-0.39, 0.29) is 5.69 Å². The fourth-order valence-electron chi connectivity index (χ4n) is 2.88. The number of carbonyl (C=O) groups is 2. The summed E-state index contributed by atoms with van der Waals surface area (Å²) in [6, 6.07) is 21.5. The average Bonchev–Trinajstić information content (AvgIpc) is 2.78. The van der Waals surface area contributed by atoms with Gasteiger partial charge in [0.1, 0.15) is 12.3 Å². The van der Waals surface area contributed by atoms with Crippen LogP contribution < -0.4 is 14.4 Å². The standard InChI is InChI=1S/C23H22N2O6S/c1-30-23(27)17-12-14-18(15-13-17)24-22(26)16-25(32(2,28)29)20-10-6-7-11-21(20)31-19-8-4-3-5-9-19/h3-15H,16H2,1-2H3,(H,24,26). The van der Waals surface area contributed by atoms with Gasteiger partial charge in [0.2, 0.25) is 15.9 Å². The normalized spacial score (nSPS) is 10.8. The minimum Gasteiger partial charge on any atom is -0.465 e. The minimum atomic E-state index is -3.81. The van der Waals surface area contributed by atoms with Gasteiger partial charge in [-0.3, -0.25) is 9.10 Å². The van der Waals surface area contributed by atoms with E-state index in [1.54, 1.807) is 48.5 Å². The van der Waals surface area contributed by atoms with Gasteiger partial charge in [-0.25, -0.2) is 13.2 Å². The molecule has 3 aromatic carbocycles. The fourth-order valence-corrected chi connectivity index (χ4v) is 3.74. The van der Waals surface area contributed by atoms with E-state index in [1.165, 1.54) is 31.4 Å². The SMILES string of the molecule is COC(=O)c1ccc(NC(=O)CN(c2ccccc2Oc2ccccc2)S(C)(=O)=O)cc1. The summed E-state index contributed by atoms with van der Waals surface area (Å²) in [6.45, 7) is -0.466.